The number of hydrogen-bond donors (Lipinski definition) is 1. The summed E-state index contributed by atoms with van der Waals surface area (Å²) < 4.78 is 5.39. The summed E-state index contributed by atoms with van der Waals surface area (Å²) in [6.07, 6.45) is 3.37. The fraction of sp³-hybridized carbons (Fsp3) is 0.267. The first-order chi connectivity index (χ1) is 8.72. The lowest BCUT2D eigenvalue weighted by molar-refractivity contribution is 0.177. The van der Waals surface area contributed by atoms with Crippen LogP contribution in [0.2, 0.25) is 0 Å². The number of hydrogen-bond acceptors (Lipinski definition) is 3. The Balaban J connectivity index is 2.22. The highest BCUT2D eigenvalue weighted by Gasteiger charge is 2.12. The smallest absolute Gasteiger partial charge is 0.125 e. The van der Waals surface area contributed by atoms with Crippen LogP contribution in [0, 0.1) is 6.92 Å². The van der Waals surface area contributed by atoms with Crippen molar-refractivity contribution < 1.29 is 9.84 Å². The monoisotopic (exact) mass is 243 g/mol. The summed E-state index contributed by atoms with van der Waals surface area (Å²) in [7, 11) is 1.66. The molecule has 3 nitrogen and oxygen atoms in total. The first-order valence-corrected chi connectivity index (χ1v) is 5.93. The third-order valence-corrected chi connectivity index (χ3v) is 3.00. The Morgan fingerprint density at radius 2 is 1.94 bits per heavy atom. The van der Waals surface area contributed by atoms with Gasteiger partial charge < -0.3 is 9.84 Å². The second-order valence-electron chi connectivity index (χ2n) is 4.27. The van der Waals surface area contributed by atoms with Gasteiger partial charge in [-0.2, -0.15) is 0 Å². The molecule has 0 aliphatic carbocycles. The van der Waals surface area contributed by atoms with Gasteiger partial charge in [-0.15, -0.1) is 0 Å². The van der Waals surface area contributed by atoms with Crippen LogP contribution in [0.15, 0.2) is 42.7 Å². The van der Waals surface area contributed by atoms with Crippen LogP contribution in [0.4, 0.5) is 0 Å². The lowest BCUT2D eigenvalue weighted by Gasteiger charge is -2.15. The number of aryl methyl sites for hydroxylation is 1. The van der Waals surface area contributed by atoms with E-state index in [-0.39, 0.29) is 0 Å². The molecule has 0 bridgehead atoms. The largest absolute Gasteiger partial charge is 0.496 e. The number of methoxy groups -OCH3 is 1. The van der Waals surface area contributed by atoms with Gasteiger partial charge in [0.05, 0.1) is 13.2 Å². The van der Waals surface area contributed by atoms with E-state index < -0.39 is 6.10 Å². The quantitative estimate of drug-likeness (QED) is 0.897. The van der Waals surface area contributed by atoms with Crippen LogP contribution in [0.25, 0.3) is 0 Å². The molecule has 1 aromatic carbocycles. The van der Waals surface area contributed by atoms with Gasteiger partial charge >= 0.3 is 0 Å². The number of nitrogens with zero attached hydrogens (tertiary/aromatic N) is 1. The Labute approximate surface area is 107 Å². The van der Waals surface area contributed by atoms with Gasteiger partial charge in [-0.3, -0.25) is 4.98 Å². The minimum atomic E-state index is -0.538. The van der Waals surface area contributed by atoms with Crippen LogP contribution >= 0.6 is 0 Å². The number of pyridine rings is 1. The van der Waals surface area contributed by atoms with Crippen molar-refractivity contribution in [1.29, 1.82) is 0 Å². The summed E-state index contributed by atoms with van der Waals surface area (Å²) in [6.45, 7) is 2.00. The topological polar surface area (TPSA) is 42.4 Å². The SMILES string of the molecule is COc1c(C)cccc1CC(O)c1ccncc1. The molecule has 0 amide bonds. The molecule has 1 heterocycles. The molecule has 1 aromatic heterocycles. The van der Waals surface area contributed by atoms with E-state index in [4.69, 9.17) is 4.74 Å². The summed E-state index contributed by atoms with van der Waals surface area (Å²) in [5.74, 6) is 0.852. The lowest BCUT2D eigenvalue weighted by atomic mass is 10.00. The zero-order valence-electron chi connectivity index (χ0n) is 10.6. The molecule has 94 valence electrons. The van der Waals surface area contributed by atoms with E-state index >= 15 is 0 Å². The molecular weight excluding hydrogens is 226 g/mol. The molecule has 1 N–H and O–H groups in total. The zero-order chi connectivity index (χ0) is 13.0. The zero-order valence-corrected chi connectivity index (χ0v) is 10.6. The average Bonchev–Trinajstić information content (AvgIpc) is 2.40. The molecule has 0 fully saturated rings. The van der Waals surface area contributed by atoms with Gasteiger partial charge in [0, 0.05) is 18.8 Å². The number of benzene rings is 1. The Morgan fingerprint density at radius 3 is 2.61 bits per heavy atom. The molecule has 18 heavy (non-hydrogen) atoms. The van der Waals surface area contributed by atoms with E-state index in [1.165, 1.54) is 0 Å². The fourth-order valence-electron chi connectivity index (χ4n) is 2.08. The van der Waals surface area contributed by atoms with Crippen molar-refractivity contribution in [3.63, 3.8) is 0 Å². The molecule has 3 heteroatoms. The summed E-state index contributed by atoms with van der Waals surface area (Å²) in [6, 6.07) is 9.61. The highest BCUT2D eigenvalue weighted by molar-refractivity contribution is 5.41. The van der Waals surface area contributed by atoms with Gasteiger partial charge in [0.1, 0.15) is 5.75 Å². The number of para-hydroxylation sites is 1. The van der Waals surface area contributed by atoms with Crippen LogP contribution in [-0.4, -0.2) is 17.2 Å². The minimum absolute atomic E-state index is 0.537. The lowest BCUT2D eigenvalue weighted by Crippen LogP contribution is -2.04. The molecule has 0 saturated heterocycles. The van der Waals surface area contributed by atoms with Gasteiger partial charge in [0.15, 0.2) is 0 Å². The van der Waals surface area contributed by atoms with Crippen molar-refractivity contribution in [2.24, 2.45) is 0 Å². The van der Waals surface area contributed by atoms with Crippen molar-refractivity contribution in [2.75, 3.05) is 7.11 Å². The number of aliphatic hydroxyl groups excluding tert-OH is 1. The van der Waals surface area contributed by atoms with Gasteiger partial charge in [-0.25, -0.2) is 0 Å². The summed E-state index contributed by atoms with van der Waals surface area (Å²) in [4.78, 5) is 3.95. The van der Waals surface area contributed by atoms with Crippen LogP contribution in [0.1, 0.15) is 22.8 Å². The minimum Gasteiger partial charge on any atom is -0.496 e. The second-order valence-corrected chi connectivity index (χ2v) is 4.27. The number of rotatable bonds is 4. The van der Waals surface area contributed by atoms with E-state index in [9.17, 15) is 5.11 Å². The summed E-state index contributed by atoms with van der Waals surface area (Å²) >= 11 is 0. The van der Waals surface area contributed by atoms with E-state index in [2.05, 4.69) is 4.98 Å². The third-order valence-electron chi connectivity index (χ3n) is 3.00. The van der Waals surface area contributed by atoms with Gasteiger partial charge in [0.25, 0.3) is 0 Å². The van der Waals surface area contributed by atoms with Gasteiger partial charge in [0.2, 0.25) is 0 Å². The molecule has 2 aromatic rings. The molecule has 0 spiro atoms. The molecular formula is C15H17NO2. The molecule has 1 atom stereocenters. The van der Waals surface area contributed by atoms with E-state index in [0.717, 1.165) is 22.4 Å². The fourth-order valence-corrected chi connectivity index (χ4v) is 2.08. The van der Waals surface area contributed by atoms with E-state index in [1.54, 1.807) is 19.5 Å². The summed E-state index contributed by atoms with van der Waals surface area (Å²) in [5, 5.41) is 10.2. The first-order valence-electron chi connectivity index (χ1n) is 5.93. The highest BCUT2D eigenvalue weighted by Crippen LogP contribution is 2.27. The Morgan fingerprint density at radius 1 is 1.22 bits per heavy atom. The Bertz CT molecular complexity index is 511. The number of aromatic nitrogens is 1. The molecule has 1 unspecified atom stereocenters. The van der Waals surface area contributed by atoms with Crippen LogP contribution in [0.5, 0.6) is 5.75 Å². The Kier molecular flexibility index (Phi) is 3.95. The second kappa shape index (κ2) is 5.65. The van der Waals surface area contributed by atoms with Crippen LogP contribution < -0.4 is 4.74 Å². The number of ether oxygens (including phenoxy) is 1. The van der Waals surface area contributed by atoms with Crippen molar-refractivity contribution in [1.82, 2.24) is 4.98 Å². The predicted octanol–water partition coefficient (Wildman–Crippen LogP) is 2.67. The maximum Gasteiger partial charge on any atom is 0.125 e. The molecule has 0 aliphatic rings. The Hall–Kier alpha value is -1.87. The van der Waals surface area contributed by atoms with E-state index in [1.807, 2.05) is 37.3 Å². The molecule has 0 saturated carbocycles. The highest BCUT2D eigenvalue weighted by atomic mass is 16.5. The number of aliphatic hydroxyl groups is 1. The van der Waals surface area contributed by atoms with Crippen molar-refractivity contribution in [3.8, 4) is 5.75 Å². The predicted molar refractivity (Wildman–Crippen MR) is 70.6 cm³/mol. The van der Waals surface area contributed by atoms with Gasteiger partial charge in [-0.1, -0.05) is 18.2 Å². The van der Waals surface area contributed by atoms with Gasteiger partial charge in [-0.05, 0) is 35.7 Å². The van der Waals surface area contributed by atoms with Crippen molar-refractivity contribution in [2.45, 2.75) is 19.4 Å². The standard InChI is InChI=1S/C15H17NO2/c1-11-4-3-5-13(15(11)18-2)10-14(17)12-6-8-16-9-7-12/h3-9,14,17H,10H2,1-2H3. The van der Waals surface area contributed by atoms with Crippen molar-refractivity contribution >= 4 is 0 Å². The normalized spacial score (nSPS) is 12.2. The maximum absolute atomic E-state index is 10.2. The molecule has 2 rings (SSSR count). The van der Waals surface area contributed by atoms with Crippen molar-refractivity contribution in [3.05, 3.63) is 59.4 Å². The summed E-state index contributed by atoms with van der Waals surface area (Å²) in [5.41, 5.74) is 2.97. The first kappa shape index (κ1) is 12.6. The van der Waals surface area contributed by atoms with Crippen LogP contribution in [0.3, 0.4) is 0 Å². The van der Waals surface area contributed by atoms with Crippen LogP contribution in [-0.2, 0) is 6.42 Å². The van der Waals surface area contributed by atoms with E-state index in [0.29, 0.717) is 6.42 Å². The average molecular weight is 243 g/mol. The maximum atomic E-state index is 10.2. The molecule has 0 radical (unpaired) electrons. The third kappa shape index (κ3) is 2.68. The molecule has 0 aliphatic heterocycles.